The van der Waals surface area contributed by atoms with E-state index in [-0.39, 0.29) is 67.2 Å². The van der Waals surface area contributed by atoms with Gasteiger partial charge in [-0.25, -0.2) is 0 Å². The van der Waals surface area contributed by atoms with Gasteiger partial charge in [0, 0.05) is 0 Å². The molecule has 8 heteroatoms. The number of hydrogen-bond donors (Lipinski definition) is 0. The van der Waals surface area contributed by atoms with Crippen LogP contribution in [0.1, 0.15) is 0 Å². The van der Waals surface area contributed by atoms with Gasteiger partial charge in [-0.2, -0.15) is 42.7 Å². The molecule has 0 aliphatic heterocycles. The van der Waals surface area contributed by atoms with Crippen LogP contribution in [-0.4, -0.2) is 88.1 Å². The minimum Gasteiger partial charge on any atom is -0.857 e. The Balaban J connectivity index is -0.00000000500. The average molecular weight is 322 g/mol. The van der Waals surface area contributed by atoms with Crippen molar-refractivity contribution in [2.75, 3.05) is 42.7 Å². The summed E-state index contributed by atoms with van der Waals surface area (Å²) in [5.41, 5.74) is 0. The van der Waals surface area contributed by atoms with Crippen LogP contribution in [0.15, 0.2) is 0 Å². The van der Waals surface area contributed by atoms with Gasteiger partial charge in [-0.3, -0.25) is 0 Å². The predicted molar refractivity (Wildman–Crippen MR) is 41.3 cm³/mol. The molecule has 14 heavy (non-hydrogen) atoms. The largest absolute Gasteiger partial charge is 4.00 e. The summed E-state index contributed by atoms with van der Waals surface area (Å²) in [6.45, 7) is 0. The molecule has 0 atom stereocenters. The van der Waals surface area contributed by atoms with Gasteiger partial charge in [0.05, 0.1) is 0 Å². The van der Waals surface area contributed by atoms with Gasteiger partial charge in [0.15, 0.2) is 0 Å². The molecule has 0 aromatic heterocycles. The quantitative estimate of drug-likeness (QED) is 0.406. The van der Waals surface area contributed by atoms with E-state index >= 15 is 0 Å². The molecule has 84 valence electrons. The fraction of sp³-hybridized carbons (Fsp3) is 1.00. The monoisotopic (exact) mass is 322 g/mol. The fourth-order valence-electron chi connectivity index (χ4n) is 0. The Morgan fingerprint density at radius 2 is 0.357 bits per heavy atom. The summed E-state index contributed by atoms with van der Waals surface area (Å²) in [6.07, 6.45) is 0. The van der Waals surface area contributed by atoms with Gasteiger partial charge in [-0.05, 0) is 0 Å². The van der Waals surface area contributed by atoms with E-state index in [1.54, 1.807) is 0 Å². The van der Waals surface area contributed by atoms with Crippen molar-refractivity contribution in [3.05, 3.63) is 0 Å². The van der Waals surface area contributed by atoms with Crippen LogP contribution in [0.2, 0.25) is 0 Å². The Bertz CT molecular complexity index is 22.3. The molecule has 0 saturated carbocycles. The SMILES string of the molecule is C[O-].C[O-].C[O-].C[O-].C[O-].C[O-].[Sr+2].[Ti+4]. The van der Waals surface area contributed by atoms with Crippen LogP contribution >= 0.6 is 0 Å². The Labute approximate surface area is 139 Å². The molecule has 0 fully saturated rings. The van der Waals surface area contributed by atoms with Gasteiger partial charge < -0.3 is 30.6 Å². The molecule has 0 radical (unpaired) electrons. The minimum absolute atomic E-state index is 0. The molecule has 0 aromatic rings. The first kappa shape index (κ1) is 56.4. The van der Waals surface area contributed by atoms with Gasteiger partial charge in [-0.15, -0.1) is 0 Å². The molecule has 0 aliphatic carbocycles. The third kappa shape index (κ3) is 613. The van der Waals surface area contributed by atoms with Crippen molar-refractivity contribution >= 4 is 45.5 Å². The van der Waals surface area contributed by atoms with Crippen molar-refractivity contribution in [1.82, 2.24) is 0 Å². The molecular formula is C6H18O6SrTi. The molecule has 0 bridgehead atoms. The predicted octanol–water partition coefficient (Wildman–Crippen LogP) is -6.52. The van der Waals surface area contributed by atoms with Gasteiger partial charge in [0.25, 0.3) is 0 Å². The van der Waals surface area contributed by atoms with E-state index in [1.807, 2.05) is 0 Å². The van der Waals surface area contributed by atoms with E-state index < -0.39 is 0 Å². The van der Waals surface area contributed by atoms with E-state index in [1.165, 1.54) is 0 Å². The first-order chi connectivity index (χ1) is 6.00. The first-order valence-electron chi connectivity index (χ1n) is 2.45. The second-order valence-electron chi connectivity index (χ2n) is 0. The molecule has 0 aliphatic rings. The van der Waals surface area contributed by atoms with Crippen LogP contribution in [0, 0.1) is 0 Å². The van der Waals surface area contributed by atoms with E-state index in [2.05, 4.69) is 0 Å². The Kier molecular flexibility index (Phi) is 3070. The number of hydrogen-bond acceptors (Lipinski definition) is 6. The molecule has 0 heterocycles. The summed E-state index contributed by atoms with van der Waals surface area (Å²) in [5, 5.41) is 49.5. The van der Waals surface area contributed by atoms with Crippen molar-refractivity contribution in [1.29, 1.82) is 0 Å². The second-order valence-corrected chi connectivity index (χ2v) is 0. The standard InChI is InChI=1S/6CH3O.Sr.Ti/c6*1-2;;/h6*1H3;;/q6*-1;+2;+4. The van der Waals surface area contributed by atoms with Gasteiger partial charge in [-0.1, -0.05) is 0 Å². The van der Waals surface area contributed by atoms with Crippen molar-refractivity contribution in [3.8, 4) is 0 Å². The van der Waals surface area contributed by atoms with Crippen LogP contribution in [0.25, 0.3) is 0 Å². The molecule has 0 unspecified atom stereocenters. The van der Waals surface area contributed by atoms with Crippen LogP contribution in [0.3, 0.4) is 0 Å². The average Bonchev–Trinajstić information content (AvgIpc) is 2.33. The maximum absolute atomic E-state index is 8.25. The van der Waals surface area contributed by atoms with Crippen LogP contribution in [-0.2, 0) is 21.7 Å². The van der Waals surface area contributed by atoms with Crippen LogP contribution in [0.5, 0.6) is 0 Å². The Morgan fingerprint density at radius 3 is 0.357 bits per heavy atom. The Morgan fingerprint density at radius 1 is 0.357 bits per heavy atom. The van der Waals surface area contributed by atoms with E-state index in [0.29, 0.717) is 0 Å². The van der Waals surface area contributed by atoms with Crippen molar-refractivity contribution in [3.63, 3.8) is 0 Å². The molecule has 0 spiro atoms. The third-order valence-electron chi connectivity index (χ3n) is 0. The van der Waals surface area contributed by atoms with Crippen molar-refractivity contribution in [2.45, 2.75) is 0 Å². The summed E-state index contributed by atoms with van der Waals surface area (Å²) < 4.78 is 0. The number of rotatable bonds is 0. The summed E-state index contributed by atoms with van der Waals surface area (Å²) in [7, 11) is 4.50. The Hall–Kier alpha value is 1.95. The molecule has 6 nitrogen and oxygen atoms in total. The van der Waals surface area contributed by atoms with E-state index in [0.717, 1.165) is 42.7 Å². The summed E-state index contributed by atoms with van der Waals surface area (Å²) in [6, 6.07) is 0. The maximum Gasteiger partial charge on any atom is 4.00 e. The topological polar surface area (TPSA) is 138 Å². The van der Waals surface area contributed by atoms with Gasteiger partial charge >= 0.3 is 67.2 Å². The smallest absolute Gasteiger partial charge is 0.857 e. The molecule has 0 amide bonds. The van der Waals surface area contributed by atoms with Crippen molar-refractivity contribution < 1.29 is 52.4 Å². The zero-order chi connectivity index (χ0) is 12.0. The molecule has 0 N–H and O–H groups in total. The third-order valence-corrected chi connectivity index (χ3v) is 0. The van der Waals surface area contributed by atoms with Crippen LogP contribution in [0.4, 0.5) is 0 Å². The maximum atomic E-state index is 8.25. The molecular weight excluding hydrogens is 304 g/mol. The zero-order valence-electron chi connectivity index (χ0n) is 9.66. The zero-order valence-corrected chi connectivity index (χ0v) is 14.7. The molecule has 0 rings (SSSR count). The van der Waals surface area contributed by atoms with Crippen LogP contribution < -0.4 is 30.6 Å². The summed E-state index contributed by atoms with van der Waals surface area (Å²) in [4.78, 5) is 0. The summed E-state index contributed by atoms with van der Waals surface area (Å²) >= 11 is 0. The fourth-order valence-corrected chi connectivity index (χ4v) is 0. The van der Waals surface area contributed by atoms with E-state index in [4.69, 9.17) is 30.6 Å². The summed E-state index contributed by atoms with van der Waals surface area (Å²) in [5.74, 6) is 0. The molecule has 0 aromatic carbocycles. The first-order valence-corrected chi connectivity index (χ1v) is 2.45. The molecule has 0 saturated heterocycles. The van der Waals surface area contributed by atoms with Crippen molar-refractivity contribution in [2.24, 2.45) is 0 Å². The van der Waals surface area contributed by atoms with E-state index in [9.17, 15) is 0 Å². The second kappa shape index (κ2) is 762. The normalized spacial score (nSPS) is 2.57. The van der Waals surface area contributed by atoms with Gasteiger partial charge in [0.2, 0.25) is 0 Å². The van der Waals surface area contributed by atoms with Gasteiger partial charge in [0.1, 0.15) is 0 Å². The minimum atomic E-state index is 0.